The Bertz CT molecular complexity index is 1020. The molecule has 1 saturated heterocycles. The first-order chi connectivity index (χ1) is 17.0. The number of nitrogens with zero attached hydrogens (tertiary/aromatic N) is 1. The third kappa shape index (κ3) is 5.82. The zero-order valence-corrected chi connectivity index (χ0v) is 19.7. The molecule has 1 aliphatic heterocycles. The van der Waals surface area contributed by atoms with Crippen LogP contribution in [0.2, 0.25) is 0 Å². The number of carbonyl (C=O) groups excluding carboxylic acids is 2. The van der Waals surface area contributed by atoms with Crippen LogP contribution in [0.1, 0.15) is 49.1 Å². The molecule has 2 aromatic rings. The molecule has 1 heterocycles. The van der Waals surface area contributed by atoms with Crippen LogP contribution < -0.4 is 5.32 Å². The number of carboxylic acid groups (broad SMARTS) is 1. The molecule has 2 amide bonds. The summed E-state index contributed by atoms with van der Waals surface area (Å²) in [7, 11) is 0. The number of nitrogens with one attached hydrogen (secondary N) is 1. The number of aliphatic carboxylic acids is 1. The summed E-state index contributed by atoms with van der Waals surface area (Å²) in [5, 5.41) is 21.0. The highest BCUT2D eigenvalue weighted by Crippen LogP contribution is 2.44. The fourth-order valence-corrected chi connectivity index (χ4v) is 5.21. The van der Waals surface area contributed by atoms with Gasteiger partial charge in [-0.1, -0.05) is 48.5 Å². The van der Waals surface area contributed by atoms with Crippen molar-refractivity contribution in [1.82, 2.24) is 10.2 Å². The monoisotopic (exact) mass is 480 g/mol. The van der Waals surface area contributed by atoms with Crippen LogP contribution in [0.4, 0.5) is 4.79 Å². The van der Waals surface area contributed by atoms with Crippen LogP contribution in [0.5, 0.6) is 0 Å². The zero-order valence-electron chi connectivity index (χ0n) is 19.7. The number of hydrogen-bond donors (Lipinski definition) is 3. The normalized spacial score (nSPS) is 17.9. The van der Waals surface area contributed by atoms with Gasteiger partial charge in [0.15, 0.2) is 0 Å². The maximum absolute atomic E-state index is 13.2. The number of aliphatic hydroxyl groups is 1. The van der Waals surface area contributed by atoms with Gasteiger partial charge in [-0.05, 0) is 53.9 Å². The first kappa shape index (κ1) is 24.7. The lowest BCUT2D eigenvalue weighted by Gasteiger charge is -2.35. The van der Waals surface area contributed by atoms with Crippen molar-refractivity contribution in [2.75, 3.05) is 26.3 Å². The second-order valence-electron chi connectivity index (χ2n) is 9.26. The molecule has 2 atom stereocenters. The number of benzene rings is 2. The minimum absolute atomic E-state index is 0.0144. The van der Waals surface area contributed by atoms with Gasteiger partial charge in [0.05, 0.1) is 0 Å². The third-order valence-electron chi connectivity index (χ3n) is 6.95. The Balaban J connectivity index is 1.41. The summed E-state index contributed by atoms with van der Waals surface area (Å²) < 4.78 is 5.57. The molecular weight excluding hydrogens is 448 g/mol. The van der Waals surface area contributed by atoms with Crippen molar-refractivity contribution in [3.05, 3.63) is 59.7 Å². The molecule has 8 heteroatoms. The van der Waals surface area contributed by atoms with Crippen LogP contribution in [0.3, 0.4) is 0 Å². The first-order valence-electron chi connectivity index (χ1n) is 12.2. The number of piperidine rings is 1. The highest BCUT2D eigenvalue weighted by molar-refractivity contribution is 5.86. The second-order valence-corrected chi connectivity index (χ2v) is 9.26. The molecule has 0 saturated carbocycles. The molecule has 1 aliphatic carbocycles. The average molecular weight is 481 g/mol. The third-order valence-corrected chi connectivity index (χ3v) is 6.95. The number of rotatable bonds is 9. The first-order valence-corrected chi connectivity index (χ1v) is 12.2. The fourth-order valence-electron chi connectivity index (χ4n) is 5.21. The number of aliphatic hydroxyl groups excluding tert-OH is 1. The van der Waals surface area contributed by atoms with Crippen LogP contribution in [-0.2, 0) is 14.3 Å². The molecule has 0 radical (unpaired) electrons. The van der Waals surface area contributed by atoms with Gasteiger partial charge in [-0.2, -0.15) is 0 Å². The summed E-state index contributed by atoms with van der Waals surface area (Å²) in [5.74, 6) is -1.24. The summed E-state index contributed by atoms with van der Waals surface area (Å²) in [6.45, 7) is 1.22. The van der Waals surface area contributed by atoms with Crippen LogP contribution >= 0.6 is 0 Å². The van der Waals surface area contributed by atoms with E-state index in [1.165, 1.54) is 0 Å². The largest absolute Gasteiger partial charge is 0.481 e. The Morgan fingerprint density at radius 3 is 2.34 bits per heavy atom. The van der Waals surface area contributed by atoms with E-state index in [0.29, 0.717) is 19.5 Å². The van der Waals surface area contributed by atoms with E-state index in [4.69, 9.17) is 9.84 Å². The van der Waals surface area contributed by atoms with E-state index in [0.717, 1.165) is 35.1 Å². The molecule has 186 valence electrons. The molecule has 0 spiro atoms. The minimum atomic E-state index is -1.03. The topological polar surface area (TPSA) is 116 Å². The van der Waals surface area contributed by atoms with Gasteiger partial charge in [0.25, 0.3) is 0 Å². The quantitative estimate of drug-likeness (QED) is 0.507. The molecule has 1 fully saturated rings. The lowest BCUT2D eigenvalue weighted by molar-refractivity contribution is -0.138. The Morgan fingerprint density at radius 2 is 1.71 bits per heavy atom. The lowest BCUT2D eigenvalue weighted by atomic mass is 9.94. The van der Waals surface area contributed by atoms with Gasteiger partial charge in [0.2, 0.25) is 5.91 Å². The summed E-state index contributed by atoms with van der Waals surface area (Å²) in [4.78, 5) is 38.8. The lowest BCUT2D eigenvalue weighted by Crippen LogP contribution is -2.51. The SMILES string of the molecule is O=C(O)CCC(NC(=O)OCC1c2ccccc2-c2ccccc21)C(=O)N1CCCC(CCO)C1. The van der Waals surface area contributed by atoms with Gasteiger partial charge in [-0.15, -0.1) is 0 Å². The molecule has 8 nitrogen and oxygen atoms in total. The smallest absolute Gasteiger partial charge is 0.407 e. The molecule has 2 aliphatic rings. The number of amides is 2. The predicted octanol–water partition coefficient (Wildman–Crippen LogP) is 3.38. The minimum Gasteiger partial charge on any atom is -0.481 e. The molecule has 3 N–H and O–H groups in total. The molecule has 2 unspecified atom stereocenters. The second kappa shape index (κ2) is 11.4. The van der Waals surface area contributed by atoms with Crippen molar-refractivity contribution >= 4 is 18.0 Å². The van der Waals surface area contributed by atoms with Crippen LogP contribution in [0, 0.1) is 5.92 Å². The Kier molecular flexibility index (Phi) is 8.02. The van der Waals surface area contributed by atoms with Gasteiger partial charge < -0.3 is 25.2 Å². The standard InChI is InChI=1S/C27H32N2O6/c30-15-13-18-6-5-14-29(16-18)26(33)24(11-12-25(31)32)28-27(34)35-17-23-21-9-3-1-7-19(21)20-8-2-4-10-22(20)23/h1-4,7-10,18,23-24,30H,5-6,11-17H2,(H,28,34)(H,31,32). The van der Waals surface area contributed by atoms with Crippen molar-refractivity contribution in [2.45, 2.75) is 44.1 Å². The van der Waals surface area contributed by atoms with E-state index < -0.39 is 18.1 Å². The number of alkyl carbamates (subject to hydrolysis) is 1. The van der Waals surface area contributed by atoms with E-state index in [1.54, 1.807) is 4.90 Å². The van der Waals surface area contributed by atoms with E-state index in [2.05, 4.69) is 17.4 Å². The van der Waals surface area contributed by atoms with E-state index in [-0.39, 0.29) is 43.8 Å². The van der Waals surface area contributed by atoms with Crippen molar-refractivity contribution < 1.29 is 29.3 Å². The van der Waals surface area contributed by atoms with Crippen molar-refractivity contribution in [3.8, 4) is 11.1 Å². The molecule has 4 rings (SSSR count). The Labute approximate surface area is 204 Å². The van der Waals surface area contributed by atoms with Gasteiger partial charge in [0.1, 0.15) is 12.6 Å². The fraction of sp³-hybridized carbons (Fsp3) is 0.444. The maximum Gasteiger partial charge on any atom is 0.407 e. The molecule has 35 heavy (non-hydrogen) atoms. The van der Waals surface area contributed by atoms with Gasteiger partial charge in [0, 0.05) is 32.0 Å². The summed E-state index contributed by atoms with van der Waals surface area (Å²) in [6, 6.07) is 15.1. The molecule has 2 aromatic carbocycles. The van der Waals surface area contributed by atoms with E-state index in [1.807, 2.05) is 36.4 Å². The Hall–Kier alpha value is -3.39. The summed E-state index contributed by atoms with van der Waals surface area (Å²) in [6.07, 6.45) is 1.37. The Morgan fingerprint density at radius 1 is 1.06 bits per heavy atom. The average Bonchev–Trinajstić information content (AvgIpc) is 3.19. The maximum atomic E-state index is 13.2. The van der Waals surface area contributed by atoms with E-state index >= 15 is 0 Å². The van der Waals surface area contributed by atoms with Crippen LogP contribution in [0.15, 0.2) is 48.5 Å². The predicted molar refractivity (Wildman–Crippen MR) is 130 cm³/mol. The number of fused-ring (bicyclic) bond motifs is 3. The zero-order chi connectivity index (χ0) is 24.8. The van der Waals surface area contributed by atoms with E-state index in [9.17, 15) is 19.5 Å². The number of likely N-dealkylation sites (tertiary alicyclic amines) is 1. The van der Waals surface area contributed by atoms with Gasteiger partial charge in [-0.25, -0.2) is 4.79 Å². The summed E-state index contributed by atoms with van der Waals surface area (Å²) in [5.41, 5.74) is 4.41. The molecule has 0 aromatic heterocycles. The summed E-state index contributed by atoms with van der Waals surface area (Å²) >= 11 is 0. The molecule has 0 bridgehead atoms. The van der Waals surface area contributed by atoms with Crippen molar-refractivity contribution in [1.29, 1.82) is 0 Å². The number of carbonyl (C=O) groups is 3. The number of carboxylic acids is 1. The van der Waals surface area contributed by atoms with Crippen LogP contribution in [0.25, 0.3) is 11.1 Å². The highest BCUT2D eigenvalue weighted by Gasteiger charge is 2.32. The van der Waals surface area contributed by atoms with Crippen molar-refractivity contribution in [3.63, 3.8) is 0 Å². The van der Waals surface area contributed by atoms with Gasteiger partial charge >= 0.3 is 12.1 Å². The highest BCUT2D eigenvalue weighted by atomic mass is 16.5. The number of hydrogen-bond acceptors (Lipinski definition) is 5. The van der Waals surface area contributed by atoms with Crippen molar-refractivity contribution in [2.24, 2.45) is 5.92 Å². The van der Waals surface area contributed by atoms with Gasteiger partial charge in [-0.3, -0.25) is 9.59 Å². The number of ether oxygens (including phenoxy) is 1. The molecular formula is C27H32N2O6. The van der Waals surface area contributed by atoms with Crippen LogP contribution in [-0.4, -0.2) is 65.4 Å².